The zero-order valence-corrected chi connectivity index (χ0v) is 34.9. The van der Waals surface area contributed by atoms with E-state index >= 15 is 0 Å². The zero-order valence-electron chi connectivity index (χ0n) is 33.2. The summed E-state index contributed by atoms with van der Waals surface area (Å²) in [5.74, 6) is 1.75. The number of nitrogens with one attached hydrogen (secondary N) is 4. The van der Waals surface area contributed by atoms with Gasteiger partial charge < -0.3 is 26.0 Å². The molecule has 62 heavy (non-hydrogen) atoms. The van der Waals surface area contributed by atoms with Gasteiger partial charge in [0.05, 0.1) is 44.5 Å². The minimum absolute atomic E-state index is 0.148. The number of rotatable bonds is 9. The first kappa shape index (κ1) is 41.2. The summed E-state index contributed by atoms with van der Waals surface area (Å²) in [6.07, 6.45) is 0.226. The van der Waals surface area contributed by atoms with E-state index in [0.29, 0.717) is 50.8 Å². The Balaban J connectivity index is 0.000000158. The Kier molecular flexibility index (Phi) is 10.8. The van der Waals surface area contributed by atoms with Crippen LogP contribution >= 0.6 is 0 Å². The Labute approximate surface area is 355 Å². The van der Waals surface area contributed by atoms with E-state index in [2.05, 4.69) is 26.3 Å². The molecule has 320 valence electrons. The molecular weight excluding hydrogens is 842 g/mol. The topological polar surface area (TPSA) is 161 Å². The number of para-hydroxylation sites is 2. The van der Waals surface area contributed by atoms with Crippen molar-refractivity contribution in [2.45, 2.75) is 40.9 Å². The van der Waals surface area contributed by atoms with Gasteiger partial charge in [0.15, 0.2) is 0 Å². The second kappa shape index (κ2) is 16.2. The third kappa shape index (κ3) is 7.67. The molecule has 0 aliphatic carbocycles. The van der Waals surface area contributed by atoms with Gasteiger partial charge in [0.25, 0.3) is 20.0 Å². The summed E-state index contributed by atoms with van der Waals surface area (Å²) < 4.78 is 101. The highest BCUT2D eigenvalue weighted by molar-refractivity contribution is 7.90. The summed E-state index contributed by atoms with van der Waals surface area (Å²) in [5, 5.41) is 16.2. The van der Waals surface area contributed by atoms with Crippen molar-refractivity contribution in [2.24, 2.45) is 0 Å². The number of methoxy groups -OCH3 is 1. The van der Waals surface area contributed by atoms with Crippen LogP contribution in [-0.4, -0.2) is 80.1 Å². The van der Waals surface area contributed by atoms with Gasteiger partial charge in [-0.05, 0) is 80.5 Å². The van der Waals surface area contributed by atoms with E-state index in [4.69, 9.17) is 9.72 Å². The molecule has 6 heterocycles. The molecule has 18 heteroatoms. The van der Waals surface area contributed by atoms with E-state index in [-0.39, 0.29) is 17.0 Å². The fourth-order valence-electron chi connectivity index (χ4n) is 8.03. The van der Waals surface area contributed by atoms with Gasteiger partial charge in [-0.15, -0.1) is 0 Å². The van der Waals surface area contributed by atoms with Crippen molar-refractivity contribution >= 4 is 75.3 Å². The molecular formula is C44H41F3N8O5S2. The lowest BCUT2D eigenvalue weighted by Gasteiger charge is -2.16. The van der Waals surface area contributed by atoms with Gasteiger partial charge in [0.2, 0.25) is 0 Å². The van der Waals surface area contributed by atoms with E-state index in [1.807, 2.05) is 30.3 Å². The number of ether oxygens (including phenoxy) is 1. The van der Waals surface area contributed by atoms with Gasteiger partial charge in [-0.25, -0.2) is 34.7 Å². The Bertz CT molecular complexity index is 3200. The highest BCUT2D eigenvalue weighted by Gasteiger charge is 2.33. The van der Waals surface area contributed by atoms with Gasteiger partial charge in [-0.3, -0.25) is 0 Å². The molecule has 4 aromatic carbocycles. The van der Waals surface area contributed by atoms with Gasteiger partial charge in [0.1, 0.15) is 17.4 Å². The number of anilines is 2. The second-order valence-electron chi connectivity index (χ2n) is 15.1. The van der Waals surface area contributed by atoms with Crippen LogP contribution in [0.25, 0.3) is 43.6 Å². The van der Waals surface area contributed by atoms with Gasteiger partial charge >= 0.3 is 6.18 Å². The number of nitrogens with zero attached hydrogens (tertiary/aromatic N) is 4. The van der Waals surface area contributed by atoms with Crippen LogP contribution in [0.1, 0.15) is 18.4 Å². The molecule has 0 spiro atoms. The van der Waals surface area contributed by atoms with Crippen molar-refractivity contribution < 1.29 is 34.7 Å². The predicted octanol–water partition coefficient (Wildman–Crippen LogP) is 7.43. The van der Waals surface area contributed by atoms with E-state index in [0.717, 1.165) is 71.4 Å². The minimum Gasteiger partial charge on any atom is -0.497 e. The number of hydrogen-bond acceptors (Lipinski definition) is 11. The molecule has 0 bridgehead atoms. The smallest absolute Gasteiger partial charge is 0.416 e. The van der Waals surface area contributed by atoms with Crippen LogP contribution in [0.4, 0.5) is 24.8 Å². The number of hydrogen-bond donors (Lipinski definition) is 4. The molecule has 2 atom stereocenters. The third-order valence-corrected chi connectivity index (χ3v) is 14.5. The van der Waals surface area contributed by atoms with E-state index in [9.17, 15) is 30.0 Å². The monoisotopic (exact) mass is 882 g/mol. The van der Waals surface area contributed by atoms with E-state index in [1.54, 1.807) is 54.7 Å². The van der Waals surface area contributed by atoms with Crippen LogP contribution in [0.15, 0.2) is 131 Å². The Morgan fingerprint density at radius 3 is 1.58 bits per heavy atom. The molecule has 4 N–H and O–H groups in total. The molecule has 8 aromatic rings. The van der Waals surface area contributed by atoms with Crippen molar-refractivity contribution in [1.29, 1.82) is 0 Å². The van der Waals surface area contributed by atoms with Crippen LogP contribution in [0, 0.1) is 0 Å². The Hall–Kier alpha value is -6.21. The molecule has 13 nitrogen and oxygen atoms in total. The van der Waals surface area contributed by atoms with Gasteiger partial charge in [0, 0.05) is 65.2 Å². The van der Waals surface area contributed by atoms with Crippen molar-refractivity contribution in [2.75, 3.05) is 43.9 Å². The number of benzene rings is 4. The van der Waals surface area contributed by atoms with Crippen LogP contribution in [0.3, 0.4) is 0 Å². The van der Waals surface area contributed by atoms with Crippen LogP contribution in [0.5, 0.6) is 5.75 Å². The third-order valence-electron chi connectivity index (χ3n) is 11.1. The van der Waals surface area contributed by atoms with Crippen molar-refractivity contribution in [1.82, 2.24) is 28.5 Å². The summed E-state index contributed by atoms with van der Waals surface area (Å²) in [7, 11) is -6.59. The predicted molar refractivity (Wildman–Crippen MR) is 234 cm³/mol. The molecule has 2 aliphatic heterocycles. The molecule has 10 rings (SSSR count). The van der Waals surface area contributed by atoms with Crippen LogP contribution in [0.2, 0.25) is 0 Å². The summed E-state index contributed by atoms with van der Waals surface area (Å²) in [6.45, 7) is 3.46. The summed E-state index contributed by atoms with van der Waals surface area (Å²) in [6, 6.07) is 28.9. The van der Waals surface area contributed by atoms with E-state index < -0.39 is 36.7 Å². The highest BCUT2D eigenvalue weighted by atomic mass is 32.2. The maximum atomic E-state index is 13.5. The lowest BCUT2D eigenvalue weighted by molar-refractivity contribution is -0.137. The SMILES string of the molecule is COc1cccc(S(=O)(=O)n2ccc3c(NC4CCNC4)nc4ccccc4c32)c1.O=S(=O)(c1cccc(C(F)(F)F)c1)n1ccc2c(NC3CCNC3)nc3ccccc3c21. The van der Waals surface area contributed by atoms with Crippen molar-refractivity contribution in [3.63, 3.8) is 0 Å². The lowest BCUT2D eigenvalue weighted by Crippen LogP contribution is -2.22. The fourth-order valence-corrected chi connectivity index (χ4v) is 10.8. The average Bonchev–Trinajstić information content (AvgIpc) is 4.12. The highest BCUT2D eigenvalue weighted by Crippen LogP contribution is 2.36. The first-order valence-corrected chi connectivity index (χ1v) is 22.8. The Morgan fingerprint density at radius 2 is 1.11 bits per heavy atom. The number of aromatic nitrogens is 4. The van der Waals surface area contributed by atoms with Crippen molar-refractivity contribution in [3.05, 3.63) is 127 Å². The summed E-state index contributed by atoms with van der Waals surface area (Å²) >= 11 is 0. The molecule has 0 saturated carbocycles. The molecule has 2 unspecified atom stereocenters. The number of pyridine rings is 2. The quantitative estimate of drug-likeness (QED) is 0.114. The average molecular weight is 883 g/mol. The second-order valence-corrected chi connectivity index (χ2v) is 18.7. The van der Waals surface area contributed by atoms with E-state index in [1.165, 1.54) is 29.4 Å². The van der Waals surface area contributed by atoms with Gasteiger partial charge in [-0.1, -0.05) is 48.5 Å². The largest absolute Gasteiger partial charge is 0.497 e. The normalized spacial score (nSPS) is 17.1. The molecule has 0 radical (unpaired) electrons. The lowest BCUT2D eigenvalue weighted by atomic mass is 10.1. The van der Waals surface area contributed by atoms with Crippen LogP contribution in [-0.2, 0) is 26.2 Å². The standard InChI is InChI=1S/C22H19F3N4O2S.C22H22N4O3S/c23-22(24,25)14-4-3-5-16(12-14)32(30,31)29-11-9-18-20(29)17-6-1-2-7-19(17)28-21(18)27-15-8-10-26-13-15;1-29-16-5-4-6-17(13-16)30(27,28)26-12-10-19-21(26)18-7-2-3-8-20(18)25-22(19)24-15-9-11-23-14-15/h1-7,9,11-12,15,26H,8,10,13H2,(H,27,28);2-8,10,12-13,15,23H,9,11,14H2,1H3,(H,24,25). The maximum absolute atomic E-state index is 13.5. The van der Waals surface area contributed by atoms with Gasteiger partial charge in [-0.2, -0.15) is 13.2 Å². The molecule has 2 aliphatic rings. The number of alkyl halides is 3. The fraction of sp³-hybridized carbons (Fsp3) is 0.227. The maximum Gasteiger partial charge on any atom is 0.416 e. The summed E-state index contributed by atoms with van der Waals surface area (Å²) in [5.41, 5.74) is 1.32. The number of fused-ring (bicyclic) bond motifs is 6. The molecule has 2 saturated heterocycles. The first-order valence-electron chi connectivity index (χ1n) is 19.9. The zero-order chi connectivity index (χ0) is 43.2. The molecule has 2 fully saturated rings. The summed E-state index contributed by atoms with van der Waals surface area (Å²) in [4.78, 5) is 9.23. The molecule has 0 amide bonds. The Morgan fingerprint density at radius 1 is 0.629 bits per heavy atom. The molecule has 4 aromatic heterocycles. The number of halogens is 3. The van der Waals surface area contributed by atoms with Crippen LogP contribution < -0.4 is 26.0 Å². The van der Waals surface area contributed by atoms with Crippen molar-refractivity contribution in [3.8, 4) is 5.75 Å². The first-order chi connectivity index (χ1) is 29.8. The minimum atomic E-state index is -4.65.